The van der Waals surface area contributed by atoms with E-state index in [-0.39, 0.29) is 5.97 Å². The average molecular weight is 319 g/mol. The van der Waals surface area contributed by atoms with Crippen molar-refractivity contribution in [1.29, 1.82) is 0 Å². The third-order valence-corrected chi connectivity index (χ3v) is 3.44. The van der Waals surface area contributed by atoms with Gasteiger partial charge in [0.15, 0.2) is 0 Å². The molecule has 3 rings (SSSR count). The van der Waals surface area contributed by atoms with E-state index in [4.69, 9.17) is 4.74 Å². The first kappa shape index (κ1) is 15.8. The van der Waals surface area contributed by atoms with Crippen LogP contribution < -0.4 is 0 Å². The van der Waals surface area contributed by atoms with Crippen LogP contribution in [0.1, 0.15) is 22.8 Å². The van der Waals surface area contributed by atoms with Gasteiger partial charge < -0.3 is 4.74 Å². The fourth-order valence-electron chi connectivity index (χ4n) is 2.26. The number of nitrogens with zero attached hydrogens (tertiary/aromatic N) is 3. The van der Waals surface area contributed by atoms with Gasteiger partial charge in [-0.25, -0.2) is 9.78 Å². The Hall–Kier alpha value is -3.08. The second kappa shape index (κ2) is 7.00. The first-order valence-corrected chi connectivity index (χ1v) is 7.71. The minimum absolute atomic E-state index is 0.318. The van der Waals surface area contributed by atoms with Gasteiger partial charge in [0.1, 0.15) is 0 Å². The Bertz CT molecular complexity index is 846. The zero-order chi connectivity index (χ0) is 16.9. The third-order valence-electron chi connectivity index (χ3n) is 3.44. The van der Waals surface area contributed by atoms with Crippen molar-refractivity contribution in [3.63, 3.8) is 0 Å². The standard InChI is InChI=1S/C19H17N3O2/c1-3-24-19(23)14-10-17(15-6-4-5-9-20-15)22-18(11-14)16-8-7-13(2)12-21-16/h4-12H,3H2,1-2H3. The van der Waals surface area contributed by atoms with E-state index in [1.807, 2.05) is 37.3 Å². The summed E-state index contributed by atoms with van der Waals surface area (Å²) < 4.78 is 5.12. The first-order valence-electron chi connectivity index (χ1n) is 7.71. The van der Waals surface area contributed by atoms with Crippen LogP contribution in [0.2, 0.25) is 0 Å². The van der Waals surface area contributed by atoms with Crippen molar-refractivity contribution in [3.05, 3.63) is 66.0 Å². The number of aromatic nitrogens is 3. The number of carbonyl (C=O) groups is 1. The highest BCUT2D eigenvalue weighted by molar-refractivity contribution is 5.91. The molecule has 0 aromatic carbocycles. The predicted molar refractivity (Wildman–Crippen MR) is 91.4 cm³/mol. The van der Waals surface area contributed by atoms with Crippen LogP contribution in [0.3, 0.4) is 0 Å². The lowest BCUT2D eigenvalue weighted by Crippen LogP contribution is -2.06. The molecule has 3 aromatic heterocycles. The van der Waals surface area contributed by atoms with Crippen molar-refractivity contribution < 1.29 is 9.53 Å². The number of hydrogen-bond acceptors (Lipinski definition) is 5. The summed E-state index contributed by atoms with van der Waals surface area (Å²) >= 11 is 0. The highest BCUT2D eigenvalue weighted by Gasteiger charge is 2.14. The highest BCUT2D eigenvalue weighted by Crippen LogP contribution is 2.23. The molecule has 3 heterocycles. The maximum atomic E-state index is 12.2. The molecule has 3 aromatic rings. The monoisotopic (exact) mass is 319 g/mol. The summed E-state index contributed by atoms with van der Waals surface area (Å²) in [5.74, 6) is -0.384. The average Bonchev–Trinajstić information content (AvgIpc) is 2.63. The molecule has 0 aliphatic carbocycles. The number of aryl methyl sites for hydroxylation is 1. The van der Waals surface area contributed by atoms with Gasteiger partial charge in [-0.3, -0.25) is 9.97 Å². The van der Waals surface area contributed by atoms with Crippen LogP contribution in [0.25, 0.3) is 22.8 Å². The van der Waals surface area contributed by atoms with Gasteiger partial charge in [-0.1, -0.05) is 12.1 Å². The molecule has 0 saturated heterocycles. The molecule has 0 atom stereocenters. The van der Waals surface area contributed by atoms with Crippen LogP contribution in [0.4, 0.5) is 0 Å². The van der Waals surface area contributed by atoms with Gasteiger partial charge in [0.2, 0.25) is 0 Å². The molecule has 0 fully saturated rings. The second-order valence-electron chi connectivity index (χ2n) is 5.28. The number of pyridine rings is 3. The molecule has 120 valence electrons. The number of rotatable bonds is 4. The van der Waals surface area contributed by atoms with Crippen molar-refractivity contribution in [2.24, 2.45) is 0 Å². The topological polar surface area (TPSA) is 65.0 Å². The molecule has 0 aliphatic rings. The summed E-state index contributed by atoms with van der Waals surface area (Å²) in [5, 5.41) is 0. The molecular weight excluding hydrogens is 302 g/mol. The van der Waals surface area contributed by atoms with Crippen LogP contribution in [0, 0.1) is 6.92 Å². The minimum atomic E-state index is -0.384. The van der Waals surface area contributed by atoms with Crippen LogP contribution in [-0.4, -0.2) is 27.5 Å². The van der Waals surface area contributed by atoms with Crippen LogP contribution in [-0.2, 0) is 4.74 Å². The predicted octanol–water partition coefficient (Wildman–Crippen LogP) is 3.69. The fourth-order valence-corrected chi connectivity index (χ4v) is 2.26. The van der Waals surface area contributed by atoms with Gasteiger partial charge in [0.05, 0.1) is 34.9 Å². The molecule has 0 saturated carbocycles. The quantitative estimate of drug-likeness (QED) is 0.686. The van der Waals surface area contributed by atoms with E-state index in [9.17, 15) is 4.79 Å². The number of esters is 1. The smallest absolute Gasteiger partial charge is 0.338 e. The number of ether oxygens (including phenoxy) is 1. The van der Waals surface area contributed by atoms with Crippen molar-refractivity contribution in [2.75, 3.05) is 6.61 Å². The van der Waals surface area contributed by atoms with Crippen LogP contribution in [0.15, 0.2) is 54.9 Å². The summed E-state index contributed by atoms with van der Waals surface area (Å²) in [5.41, 5.74) is 4.11. The van der Waals surface area contributed by atoms with E-state index >= 15 is 0 Å². The Kier molecular flexibility index (Phi) is 4.61. The van der Waals surface area contributed by atoms with Gasteiger partial charge in [-0.15, -0.1) is 0 Å². The second-order valence-corrected chi connectivity index (χ2v) is 5.28. The Morgan fingerprint density at radius 2 is 1.75 bits per heavy atom. The van der Waals surface area contributed by atoms with Gasteiger partial charge in [-0.05, 0) is 49.7 Å². The summed E-state index contributed by atoms with van der Waals surface area (Å²) in [6.07, 6.45) is 3.46. The Morgan fingerprint density at radius 1 is 1.00 bits per heavy atom. The third kappa shape index (κ3) is 3.46. The van der Waals surface area contributed by atoms with Gasteiger partial charge >= 0.3 is 5.97 Å². The molecule has 0 radical (unpaired) electrons. The van der Waals surface area contributed by atoms with E-state index in [1.54, 1.807) is 31.5 Å². The maximum absolute atomic E-state index is 12.2. The van der Waals surface area contributed by atoms with Crippen LogP contribution >= 0.6 is 0 Å². The molecule has 0 spiro atoms. The zero-order valence-electron chi connectivity index (χ0n) is 13.6. The number of carbonyl (C=O) groups excluding carboxylic acids is 1. The molecule has 24 heavy (non-hydrogen) atoms. The fraction of sp³-hybridized carbons (Fsp3) is 0.158. The van der Waals surface area contributed by atoms with Crippen molar-refractivity contribution in [1.82, 2.24) is 15.0 Å². The molecule has 0 amide bonds. The molecule has 5 heteroatoms. The Morgan fingerprint density at radius 3 is 2.33 bits per heavy atom. The maximum Gasteiger partial charge on any atom is 0.338 e. The van der Waals surface area contributed by atoms with Gasteiger partial charge in [-0.2, -0.15) is 0 Å². The molecule has 5 nitrogen and oxygen atoms in total. The van der Waals surface area contributed by atoms with E-state index in [0.29, 0.717) is 34.9 Å². The zero-order valence-corrected chi connectivity index (χ0v) is 13.6. The van der Waals surface area contributed by atoms with E-state index in [0.717, 1.165) is 5.56 Å². The summed E-state index contributed by atoms with van der Waals surface area (Å²) in [4.78, 5) is 25.5. The lowest BCUT2D eigenvalue weighted by atomic mass is 10.1. The van der Waals surface area contributed by atoms with Crippen molar-refractivity contribution in [2.45, 2.75) is 13.8 Å². The Labute approximate surface area is 140 Å². The van der Waals surface area contributed by atoms with Crippen molar-refractivity contribution in [3.8, 4) is 22.8 Å². The summed E-state index contributed by atoms with van der Waals surface area (Å²) in [7, 11) is 0. The summed E-state index contributed by atoms with van der Waals surface area (Å²) in [6, 6.07) is 12.8. The molecular formula is C19H17N3O2. The normalized spacial score (nSPS) is 10.4. The lowest BCUT2D eigenvalue weighted by Gasteiger charge is -2.08. The van der Waals surface area contributed by atoms with Gasteiger partial charge in [0, 0.05) is 12.4 Å². The molecule has 0 bridgehead atoms. The molecule has 0 N–H and O–H groups in total. The molecule has 0 unspecified atom stereocenters. The van der Waals surface area contributed by atoms with E-state index in [2.05, 4.69) is 15.0 Å². The minimum Gasteiger partial charge on any atom is -0.462 e. The largest absolute Gasteiger partial charge is 0.462 e. The van der Waals surface area contributed by atoms with E-state index in [1.165, 1.54) is 0 Å². The Balaban J connectivity index is 2.12. The molecule has 0 aliphatic heterocycles. The lowest BCUT2D eigenvalue weighted by molar-refractivity contribution is 0.0526. The highest BCUT2D eigenvalue weighted by atomic mass is 16.5. The number of hydrogen-bond donors (Lipinski definition) is 0. The first-order chi connectivity index (χ1) is 11.7. The summed E-state index contributed by atoms with van der Waals surface area (Å²) in [6.45, 7) is 4.07. The van der Waals surface area contributed by atoms with Crippen LogP contribution in [0.5, 0.6) is 0 Å². The van der Waals surface area contributed by atoms with E-state index < -0.39 is 0 Å². The van der Waals surface area contributed by atoms with Crippen molar-refractivity contribution >= 4 is 5.97 Å². The van der Waals surface area contributed by atoms with Gasteiger partial charge in [0.25, 0.3) is 0 Å². The SMILES string of the molecule is CCOC(=O)c1cc(-c2ccccn2)nc(-c2ccc(C)cn2)c1.